The van der Waals surface area contributed by atoms with Crippen LogP contribution in [-0.2, 0) is 0 Å². The number of hydrogen-bond donors (Lipinski definition) is 1. The van der Waals surface area contributed by atoms with Crippen molar-refractivity contribution in [1.82, 2.24) is 5.32 Å². The average molecular weight is 298 g/mol. The van der Waals surface area contributed by atoms with Gasteiger partial charge in [0.25, 0.3) is 5.91 Å². The summed E-state index contributed by atoms with van der Waals surface area (Å²) in [7, 11) is 0. The van der Waals surface area contributed by atoms with E-state index in [1.165, 1.54) is 0 Å². The first-order valence-corrected chi connectivity index (χ1v) is 7.03. The Kier molecular flexibility index (Phi) is 6.27. The van der Waals surface area contributed by atoms with Crippen molar-refractivity contribution in [2.75, 3.05) is 0 Å². The minimum Gasteiger partial charge on any atom is -0.349 e. The van der Waals surface area contributed by atoms with Gasteiger partial charge in [-0.05, 0) is 31.0 Å². The quantitative estimate of drug-likeness (QED) is 0.840. The van der Waals surface area contributed by atoms with E-state index in [9.17, 15) is 4.79 Å². The molecule has 17 heavy (non-hydrogen) atoms. The molecular formula is C14H20BrNO. The van der Waals surface area contributed by atoms with Crippen molar-refractivity contribution in [2.24, 2.45) is 0 Å². The van der Waals surface area contributed by atoms with Crippen LogP contribution in [0.5, 0.6) is 0 Å². The molecule has 0 spiro atoms. The van der Waals surface area contributed by atoms with Gasteiger partial charge in [-0.1, -0.05) is 48.7 Å². The fourth-order valence-electron chi connectivity index (χ4n) is 1.88. The summed E-state index contributed by atoms with van der Waals surface area (Å²) in [4.78, 5) is 12.0. The van der Waals surface area contributed by atoms with E-state index < -0.39 is 0 Å². The fraction of sp³-hybridized carbons (Fsp3) is 0.500. The molecule has 0 heterocycles. The maximum absolute atomic E-state index is 12.0. The van der Waals surface area contributed by atoms with Crippen molar-refractivity contribution in [1.29, 1.82) is 0 Å². The number of carbonyl (C=O) groups is 1. The zero-order valence-corrected chi connectivity index (χ0v) is 12.1. The van der Waals surface area contributed by atoms with Crippen LogP contribution < -0.4 is 5.32 Å². The maximum Gasteiger partial charge on any atom is 0.251 e. The number of rotatable bonds is 6. The molecule has 1 amide bonds. The molecule has 0 aromatic heterocycles. The van der Waals surface area contributed by atoms with Gasteiger partial charge in [-0.25, -0.2) is 0 Å². The first kappa shape index (κ1) is 14.2. The largest absolute Gasteiger partial charge is 0.349 e. The number of halogens is 1. The van der Waals surface area contributed by atoms with Crippen molar-refractivity contribution in [3.05, 3.63) is 34.3 Å². The monoisotopic (exact) mass is 297 g/mol. The van der Waals surface area contributed by atoms with Gasteiger partial charge in [0.15, 0.2) is 0 Å². The zero-order chi connectivity index (χ0) is 12.7. The van der Waals surface area contributed by atoms with Crippen LogP contribution in [-0.4, -0.2) is 11.9 Å². The molecule has 2 nitrogen and oxygen atoms in total. The predicted molar refractivity (Wildman–Crippen MR) is 75.2 cm³/mol. The van der Waals surface area contributed by atoms with Crippen molar-refractivity contribution in [3.8, 4) is 0 Å². The van der Waals surface area contributed by atoms with Crippen LogP contribution in [0.15, 0.2) is 28.7 Å². The van der Waals surface area contributed by atoms with E-state index in [2.05, 4.69) is 35.1 Å². The van der Waals surface area contributed by atoms with Crippen LogP contribution in [0.1, 0.15) is 49.9 Å². The number of hydrogen-bond acceptors (Lipinski definition) is 1. The Labute approximate surface area is 112 Å². The van der Waals surface area contributed by atoms with Gasteiger partial charge in [0, 0.05) is 16.1 Å². The van der Waals surface area contributed by atoms with Crippen LogP contribution >= 0.6 is 15.9 Å². The molecular weight excluding hydrogens is 278 g/mol. The second-order valence-corrected chi connectivity index (χ2v) is 5.17. The van der Waals surface area contributed by atoms with Gasteiger partial charge in [0.05, 0.1) is 0 Å². The Morgan fingerprint density at radius 2 is 1.94 bits per heavy atom. The Balaban J connectivity index is 2.63. The molecule has 0 aliphatic heterocycles. The Bertz CT molecular complexity index is 359. The number of benzene rings is 1. The third kappa shape index (κ3) is 4.90. The highest BCUT2D eigenvalue weighted by Crippen LogP contribution is 2.12. The molecule has 94 valence electrons. The summed E-state index contributed by atoms with van der Waals surface area (Å²) in [5, 5.41) is 3.10. The molecule has 0 radical (unpaired) electrons. The summed E-state index contributed by atoms with van der Waals surface area (Å²) in [6, 6.07) is 7.80. The van der Waals surface area contributed by atoms with E-state index in [0.717, 1.165) is 35.7 Å². The highest BCUT2D eigenvalue weighted by molar-refractivity contribution is 9.10. The number of nitrogens with one attached hydrogen (secondary N) is 1. The van der Waals surface area contributed by atoms with Crippen LogP contribution in [0.2, 0.25) is 0 Å². The number of carbonyl (C=O) groups excluding carboxylic acids is 1. The molecule has 0 unspecified atom stereocenters. The summed E-state index contributed by atoms with van der Waals surface area (Å²) in [5.41, 5.74) is 0.719. The van der Waals surface area contributed by atoms with Gasteiger partial charge in [-0.2, -0.15) is 0 Å². The van der Waals surface area contributed by atoms with E-state index >= 15 is 0 Å². The molecule has 1 aromatic carbocycles. The van der Waals surface area contributed by atoms with Gasteiger partial charge in [-0.3, -0.25) is 4.79 Å². The lowest BCUT2D eigenvalue weighted by molar-refractivity contribution is 0.0932. The molecule has 0 bridgehead atoms. The Morgan fingerprint density at radius 3 is 2.47 bits per heavy atom. The zero-order valence-electron chi connectivity index (χ0n) is 10.5. The Hall–Kier alpha value is -0.830. The van der Waals surface area contributed by atoms with Gasteiger partial charge >= 0.3 is 0 Å². The second kappa shape index (κ2) is 7.49. The van der Waals surface area contributed by atoms with Crippen LogP contribution in [0, 0.1) is 0 Å². The molecule has 1 rings (SSSR count). The molecule has 0 saturated heterocycles. The normalized spacial score (nSPS) is 10.6. The van der Waals surface area contributed by atoms with Crippen molar-refractivity contribution in [2.45, 2.75) is 45.6 Å². The van der Waals surface area contributed by atoms with Crippen LogP contribution in [0.4, 0.5) is 0 Å². The van der Waals surface area contributed by atoms with E-state index in [-0.39, 0.29) is 5.91 Å². The highest BCUT2D eigenvalue weighted by Gasteiger charge is 2.12. The van der Waals surface area contributed by atoms with Gasteiger partial charge < -0.3 is 5.32 Å². The lowest BCUT2D eigenvalue weighted by Gasteiger charge is -2.17. The van der Waals surface area contributed by atoms with E-state index in [1.54, 1.807) is 0 Å². The minimum atomic E-state index is 0.0261. The Morgan fingerprint density at radius 1 is 1.29 bits per heavy atom. The summed E-state index contributed by atoms with van der Waals surface area (Å²) in [5.74, 6) is 0.0261. The first-order valence-electron chi connectivity index (χ1n) is 6.23. The van der Waals surface area contributed by atoms with Gasteiger partial charge in [0.2, 0.25) is 0 Å². The van der Waals surface area contributed by atoms with E-state index in [4.69, 9.17) is 0 Å². The summed E-state index contributed by atoms with van der Waals surface area (Å²) < 4.78 is 0.938. The molecule has 1 N–H and O–H groups in total. The standard InChI is InChI=1S/C14H20BrNO/c1-3-6-13(7-4-2)16-14(17)11-8-5-9-12(15)10-11/h5,8-10,13H,3-4,6-7H2,1-2H3,(H,16,17). The molecule has 0 fully saturated rings. The average Bonchev–Trinajstić information content (AvgIpc) is 2.29. The van der Waals surface area contributed by atoms with Crippen molar-refractivity contribution in [3.63, 3.8) is 0 Å². The smallest absolute Gasteiger partial charge is 0.251 e. The van der Waals surface area contributed by atoms with E-state index in [1.807, 2.05) is 24.3 Å². The SMILES string of the molecule is CCCC(CCC)NC(=O)c1cccc(Br)c1. The molecule has 3 heteroatoms. The maximum atomic E-state index is 12.0. The lowest BCUT2D eigenvalue weighted by atomic mass is 10.1. The molecule has 1 aromatic rings. The van der Waals surface area contributed by atoms with Gasteiger partial charge in [0.1, 0.15) is 0 Å². The molecule has 0 aliphatic carbocycles. The summed E-state index contributed by atoms with van der Waals surface area (Å²) in [6.07, 6.45) is 4.30. The van der Waals surface area contributed by atoms with Crippen molar-refractivity contribution >= 4 is 21.8 Å². The van der Waals surface area contributed by atoms with Crippen molar-refractivity contribution < 1.29 is 4.79 Å². The topological polar surface area (TPSA) is 29.1 Å². The minimum absolute atomic E-state index is 0.0261. The molecule has 0 atom stereocenters. The van der Waals surface area contributed by atoms with Crippen LogP contribution in [0.25, 0.3) is 0 Å². The lowest BCUT2D eigenvalue weighted by Crippen LogP contribution is -2.34. The van der Waals surface area contributed by atoms with E-state index in [0.29, 0.717) is 6.04 Å². The summed E-state index contributed by atoms with van der Waals surface area (Å²) in [6.45, 7) is 4.29. The third-order valence-electron chi connectivity index (χ3n) is 2.70. The third-order valence-corrected chi connectivity index (χ3v) is 3.19. The number of amides is 1. The first-order chi connectivity index (χ1) is 8.17. The fourth-order valence-corrected chi connectivity index (χ4v) is 2.28. The summed E-state index contributed by atoms with van der Waals surface area (Å²) >= 11 is 3.38. The van der Waals surface area contributed by atoms with Crippen LogP contribution in [0.3, 0.4) is 0 Å². The second-order valence-electron chi connectivity index (χ2n) is 4.26. The molecule has 0 aliphatic rings. The van der Waals surface area contributed by atoms with Gasteiger partial charge in [-0.15, -0.1) is 0 Å². The molecule has 0 saturated carbocycles. The highest BCUT2D eigenvalue weighted by atomic mass is 79.9. The predicted octanol–water partition coefficient (Wildman–Crippen LogP) is 4.15.